The second kappa shape index (κ2) is 7.53. The minimum absolute atomic E-state index is 0.0320. The van der Waals surface area contributed by atoms with Gasteiger partial charge in [0, 0.05) is 0 Å². The van der Waals surface area contributed by atoms with Crippen LogP contribution in [0.15, 0.2) is 0 Å². The summed E-state index contributed by atoms with van der Waals surface area (Å²) in [5.74, 6) is -4.33. The highest BCUT2D eigenvalue weighted by Crippen LogP contribution is 2.40. The molecule has 1 N–H and O–H groups in total. The van der Waals surface area contributed by atoms with Gasteiger partial charge in [-0.25, -0.2) is 0 Å². The zero-order chi connectivity index (χ0) is 19.5. The summed E-state index contributed by atoms with van der Waals surface area (Å²) in [6.45, 7) is 15.0. The van der Waals surface area contributed by atoms with Gasteiger partial charge in [0.25, 0.3) is 0 Å². The number of carboxylic acid groups (broad SMARTS) is 1. The minimum Gasteiger partial charge on any atom is -0.481 e. The zero-order valence-electron chi connectivity index (χ0n) is 16.4. The minimum atomic E-state index is -1.89. The third-order valence-corrected chi connectivity index (χ3v) is 3.37. The molecule has 0 saturated carbocycles. The molecule has 0 aromatic rings. The average molecular weight is 344 g/mol. The van der Waals surface area contributed by atoms with Gasteiger partial charge in [0.15, 0.2) is 5.41 Å². The molecule has 1 atom stereocenters. The van der Waals surface area contributed by atoms with Gasteiger partial charge in [0.2, 0.25) is 0 Å². The van der Waals surface area contributed by atoms with E-state index in [-0.39, 0.29) is 12.3 Å². The van der Waals surface area contributed by atoms with Gasteiger partial charge in [0.1, 0.15) is 11.2 Å². The standard InChI is InChI=1S/C18H32O6/c1-11(2)10-18(12(3)13(19)20,14(21)23-16(4,5)6)15(22)24-17(7,8)9/h11-12H,10H2,1-9H3,(H,19,20)/t12-/m1/s1. The third-order valence-electron chi connectivity index (χ3n) is 3.37. The highest BCUT2D eigenvalue weighted by atomic mass is 16.6. The molecule has 0 aliphatic carbocycles. The lowest BCUT2D eigenvalue weighted by Crippen LogP contribution is -2.53. The molecule has 0 unspecified atom stereocenters. The number of ether oxygens (including phenoxy) is 2. The summed E-state index contributed by atoms with van der Waals surface area (Å²) in [5, 5.41) is 9.51. The molecule has 0 aromatic heterocycles. The second-order valence-corrected chi connectivity index (χ2v) is 8.63. The molecule has 6 nitrogen and oxygen atoms in total. The van der Waals surface area contributed by atoms with Crippen LogP contribution in [0.4, 0.5) is 0 Å². The summed E-state index contributed by atoms with van der Waals surface area (Å²) >= 11 is 0. The van der Waals surface area contributed by atoms with E-state index < -0.39 is 40.4 Å². The van der Waals surface area contributed by atoms with Crippen molar-refractivity contribution in [2.75, 3.05) is 0 Å². The summed E-state index contributed by atoms with van der Waals surface area (Å²) in [5.41, 5.74) is -3.58. The normalized spacial score (nSPS) is 14.2. The van der Waals surface area contributed by atoms with Gasteiger partial charge in [-0.2, -0.15) is 0 Å². The molecular formula is C18H32O6. The molecule has 0 aliphatic heterocycles. The molecule has 0 aromatic carbocycles. The molecule has 0 amide bonds. The van der Waals surface area contributed by atoms with Gasteiger partial charge in [-0.15, -0.1) is 0 Å². The van der Waals surface area contributed by atoms with Crippen molar-refractivity contribution in [3.05, 3.63) is 0 Å². The summed E-state index contributed by atoms with van der Waals surface area (Å²) < 4.78 is 10.8. The summed E-state index contributed by atoms with van der Waals surface area (Å²) in [6, 6.07) is 0. The molecule has 0 rings (SSSR count). The van der Waals surface area contributed by atoms with Crippen LogP contribution in [0.2, 0.25) is 0 Å². The molecule has 0 radical (unpaired) electrons. The number of carbonyl (C=O) groups is 3. The van der Waals surface area contributed by atoms with Gasteiger partial charge >= 0.3 is 17.9 Å². The van der Waals surface area contributed by atoms with Crippen LogP contribution in [0.3, 0.4) is 0 Å². The van der Waals surface area contributed by atoms with E-state index >= 15 is 0 Å². The lowest BCUT2D eigenvalue weighted by atomic mass is 9.70. The van der Waals surface area contributed by atoms with Gasteiger partial charge in [-0.1, -0.05) is 20.8 Å². The van der Waals surface area contributed by atoms with E-state index in [4.69, 9.17) is 9.47 Å². The van der Waals surface area contributed by atoms with Crippen molar-refractivity contribution in [3.63, 3.8) is 0 Å². The molecule has 0 aliphatic rings. The Morgan fingerprint density at radius 3 is 1.38 bits per heavy atom. The van der Waals surface area contributed by atoms with Crippen molar-refractivity contribution in [3.8, 4) is 0 Å². The molecular weight excluding hydrogens is 312 g/mol. The first-order chi connectivity index (χ1) is 10.5. The molecule has 6 heteroatoms. The third kappa shape index (κ3) is 6.13. The SMILES string of the molecule is CC(C)CC(C(=O)OC(C)(C)C)(C(=O)OC(C)(C)C)[C@H](C)C(=O)O. The molecule has 0 spiro atoms. The number of hydrogen-bond donors (Lipinski definition) is 1. The zero-order valence-corrected chi connectivity index (χ0v) is 16.4. The van der Waals surface area contributed by atoms with Crippen LogP contribution in [0, 0.1) is 17.3 Å². The Morgan fingerprint density at radius 1 is 0.833 bits per heavy atom. The largest absolute Gasteiger partial charge is 0.481 e. The van der Waals surface area contributed by atoms with E-state index in [0.29, 0.717) is 0 Å². The number of rotatable bonds is 6. The Morgan fingerprint density at radius 2 is 1.17 bits per heavy atom. The molecule has 140 valence electrons. The number of esters is 2. The van der Waals surface area contributed by atoms with Crippen LogP contribution in [0.25, 0.3) is 0 Å². The molecule has 24 heavy (non-hydrogen) atoms. The lowest BCUT2D eigenvalue weighted by Gasteiger charge is -2.38. The maximum Gasteiger partial charge on any atom is 0.324 e. The van der Waals surface area contributed by atoms with Crippen LogP contribution in [-0.4, -0.2) is 34.2 Å². The maximum absolute atomic E-state index is 12.9. The van der Waals surface area contributed by atoms with Crippen molar-refractivity contribution in [1.82, 2.24) is 0 Å². The van der Waals surface area contributed by atoms with Crippen molar-refractivity contribution >= 4 is 17.9 Å². The monoisotopic (exact) mass is 344 g/mol. The van der Waals surface area contributed by atoms with Crippen molar-refractivity contribution in [1.29, 1.82) is 0 Å². The van der Waals surface area contributed by atoms with Crippen LogP contribution < -0.4 is 0 Å². The quantitative estimate of drug-likeness (QED) is 0.586. The van der Waals surface area contributed by atoms with Crippen LogP contribution in [0.1, 0.15) is 68.7 Å². The average Bonchev–Trinajstić information content (AvgIpc) is 2.29. The van der Waals surface area contributed by atoms with E-state index in [1.807, 2.05) is 13.8 Å². The van der Waals surface area contributed by atoms with Crippen LogP contribution >= 0.6 is 0 Å². The number of carbonyl (C=O) groups excluding carboxylic acids is 2. The van der Waals surface area contributed by atoms with E-state index in [1.165, 1.54) is 6.92 Å². The Bertz CT molecular complexity index is 451. The first kappa shape index (κ1) is 22.4. The van der Waals surface area contributed by atoms with E-state index in [0.717, 1.165) is 0 Å². The second-order valence-electron chi connectivity index (χ2n) is 8.63. The van der Waals surface area contributed by atoms with Gasteiger partial charge in [0.05, 0.1) is 5.92 Å². The van der Waals surface area contributed by atoms with Gasteiger partial charge in [-0.05, 0) is 53.9 Å². The molecule has 0 saturated heterocycles. The fourth-order valence-corrected chi connectivity index (χ4v) is 2.37. The Labute approximate surface area is 144 Å². The summed E-state index contributed by atoms with van der Waals surface area (Å²) in [6.07, 6.45) is 0.0320. The topological polar surface area (TPSA) is 89.9 Å². The van der Waals surface area contributed by atoms with E-state index in [1.54, 1.807) is 41.5 Å². The molecule has 0 fully saturated rings. The Balaban J connectivity index is 6.19. The fraction of sp³-hybridized carbons (Fsp3) is 0.833. The highest BCUT2D eigenvalue weighted by Gasteiger charge is 2.57. The van der Waals surface area contributed by atoms with E-state index in [2.05, 4.69) is 0 Å². The summed E-state index contributed by atoms with van der Waals surface area (Å²) in [7, 11) is 0. The lowest BCUT2D eigenvalue weighted by molar-refractivity contribution is -0.195. The molecule has 0 heterocycles. The number of hydrogen-bond acceptors (Lipinski definition) is 5. The first-order valence-electron chi connectivity index (χ1n) is 8.22. The maximum atomic E-state index is 12.9. The van der Waals surface area contributed by atoms with Crippen molar-refractivity contribution in [2.45, 2.75) is 79.9 Å². The van der Waals surface area contributed by atoms with Crippen LogP contribution in [-0.2, 0) is 23.9 Å². The Hall–Kier alpha value is -1.59. The van der Waals surface area contributed by atoms with Gasteiger partial charge < -0.3 is 14.6 Å². The fourth-order valence-electron chi connectivity index (χ4n) is 2.37. The predicted molar refractivity (Wildman–Crippen MR) is 90.4 cm³/mol. The number of carboxylic acids is 1. The van der Waals surface area contributed by atoms with Crippen molar-refractivity contribution in [2.24, 2.45) is 17.3 Å². The predicted octanol–water partition coefficient (Wildman–Crippen LogP) is 3.42. The van der Waals surface area contributed by atoms with Crippen LogP contribution in [0.5, 0.6) is 0 Å². The van der Waals surface area contributed by atoms with Crippen molar-refractivity contribution < 1.29 is 29.0 Å². The summed E-state index contributed by atoms with van der Waals surface area (Å²) in [4.78, 5) is 37.5. The van der Waals surface area contributed by atoms with E-state index in [9.17, 15) is 19.5 Å². The Kier molecular flexibility index (Phi) is 7.03. The highest BCUT2D eigenvalue weighted by molar-refractivity contribution is 6.04. The van der Waals surface area contributed by atoms with Gasteiger partial charge in [-0.3, -0.25) is 14.4 Å². The first-order valence-corrected chi connectivity index (χ1v) is 8.22. The smallest absolute Gasteiger partial charge is 0.324 e. The molecule has 0 bridgehead atoms. The number of aliphatic carboxylic acids is 1.